The Morgan fingerprint density at radius 1 is 1.09 bits per heavy atom. The average molecular weight is 446 g/mol. The second-order valence-corrected chi connectivity index (χ2v) is 6.95. The lowest BCUT2D eigenvalue weighted by atomic mass is 9.88. The van der Waals surface area contributed by atoms with Crippen LogP contribution in [0.25, 0.3) is 6.08 Å². The van der Waals surface area contributed by atoms with E-state index in [0.29, 0.717) is 11.1 Å². The summed E-state index contributed by atoms with van der Waals surface area (Å²) in [5, 5.41) is 48.7. The molecule has 2 aromatic rings. The molecule has 0 bridgehead atoms. The molecule has 32 heavy (non-hydrogen) atoms. The first-order valence-electron chi connectivity index (χ1n) is 9.20. The number of methoxy groups -OCH3 is 1. The van der Waals surface area contributed by atoms with E-state index in [1.54, 1.807) is 6.92 Å². The predicted octanol–water partition coefficient (Wildman–Crippen LogP) is 1.48. The third-order valence-corrected chi connectivity index (χ3v) is 4.59. The minimum absolute atomic E-state index is 0.0843. The van der Waals surface area contributed by atoms with Crippen LogP contribution in [0.15, 0.2) is 42.5 Å². The summed E-state index contributed by atoms with van der Waals surface area (Å²) in [7, 11) is 1.34. The highest BCUT2D eigenvalue weighted by molar-refractivity contribution is 5.93. The SMILES string of the molecule is COc1cc(/C=C/C(=O)O[C@H](C(=O)O)[C@](O)(Cc2ccc(O)cc2)C(=O)O)cc(C)c1O. The van der Waals surface area contributed by atoms with Crippen LogP contribution in [0, 0.1) is 6.92 Å². The highest BCUT2D eigenvalue weighted by Crippen LogP contribution is 2.31. The largest absolute Gasteiger partial charge is 0.508 e. The number of aromatic hydroxyl groups is 2. The molecule has 0 heterocycles. The van der Waals surface area contributed by atoms with Crippen LogP contribution in [0.2, 0.25) is 0 Å². The second kappa shape index (κ2) is 9.84. The van der Waals surface area contributed by atoms with Crippen molar-refractivity contribution in [3.05, 3.63) is 59.2 Å². The molecule has 2 atom stereocenters. The number of esters is 1. The summed E-state index contributed by atoms with van der Waals surface area (Å²) < 4.78 is 9.79. The zero-order valence-corrected chi connectivity index (χ0v) is 17.2. The Bertz CT molecular complexity index is 1040. The number of rotatable bonds is 9. The molecule has 0 aliphatic heterocycles. The molecule has 10 nitrogen and oxygen atoms in total. The van der Waals surface area contributed by atoms with Crippen LogP contribution in [-0.2, 0) is 25.5 Å². The number of benzene rings is 2. The number of phenols is 2. The van der Waals surface area contributed by atoms with Crippen LogP contribution >= 0.6 is 0 Å². The molecule has 2 aromatic carbocycles. The Morgan fingerprint density at radius 2 is 1.72 bits per heavy atom. The Hall–Kier alpha value is -4.05. The van der Waals surface area contributed by atoms with E-state index in [2.05, 4.69) is 0 Å². The summed E-state index contributed by atoms with van der Waals surface area (Å²) in [4.78, 5) is 35.6. The molecule has 0 unspecified atom stereocenters. The minimum Gasteiger partial charge on any atom is -0.508 e. The zero-order valence-electron chi connectivity index (χ0n) is 17.2. The van der Waals surface area contributed by atoms with Gasteiger partial charge in [0.15, 0.2) is 11.5 Å². The normalized spacial score (nSPS) is 13.8. The zero-order chi connectivity index (χ0) is 24.1. The van der Waals surface area contributed by atoms with Crippen molar-refractivity contribution in [1.29, 1.82) is 0 Å². The van der Waals surface area contributed by atoms with Gasteiger partial charge in [0.05, 0.1) is 7.11 Å². The van der Waals surface area contributed by atoms with Crippen molar-refractivity contribution in [3.63, 3.8) is 0 Å². The standard InChI is InChI=1S/C22H22O10/c1-12-9-14(10-16(31-2)18(12)25)5-8-17(24)32-19(20(26)27)22(30,21(28)29)11-13-3-6-15(23)7-4-13/h3-10,19,23,25,30H,11H2,1-2H3,(H,26,27)(H,28,29)/b8-5+/t19-,22-/m1/s1. The van der Waals surface area contributed by atoms with Crippen LogP contribution in [-0.4, -0.2) is 62.3 Å². The number of carboxylic acid groups (broad SMARTS) is 2. The lowest BCUT2D eigenvalue weighted by molar-refractivity contribution is -0.192. The number of aliphatic carboxylic acids is 2. The maximum absolute atomic E-state index is 12.2. The van der Waals surface area contributed by atoms with E-state index in [1.165, 1.54) is 49.6 Å². The monoisotopic (exact) mass is 446 g/mol. The summed E-state index contributed by atoms with van der Waals surface area (Å²) in [5.74, 6) is -5.03. The maximum Gasteiger partial charge on any atom is 0.348 e. The molecule has 0 fully saturated rings. The van der Waals surface area contributed by atoms with Crippen molar-refractivity contribution in [3.8, 4) is 17.2 Å². The first-order valence-corrected chi connectivity index (χ1v) is 9.20. The number of carbonyl (C=O) groups is 3. The third-order valence-electron chi connectivity index (χ3n) is 4.59. The van der Waals surface area contributed by atoms with Crippen LogP contribution in [0.4, 0.5) is 0 Å². The van der Waals surface area contributed by atoms with Gasteiger partial charge in [-0.15, -0.1) is 0 Å². The fourth-order valence-corrected chi connectivity index (χ4v) is 2.90. The van der Waals surface area contributed by atoms with Crippen molar-refractivity contribution < 1.29 is 49.4 Å². The van der Waals surface area contributed by atoms with Gasteiger partial charge in [0.25, 0.3) is 0 Å². The Labute approximate surface area is 182 Å². The van der Waals surface area contributed by atoms with Crippen LogP contribution in [0.5, 0.6) is 17.2 Å². The highest BCUT2D eigenvalue weighted by atomic mass is 16.6. The molecule has 5 N–H and O–H groups in total. The molecular weight excluding hydrogens is 424 g/mol. The molecule has 0 aliphatic rings. The van der Waals surface area contributed by atoms with Crippen molar-refractivity contribution in [2.75, 3.05) is 7.11 Å². The minimum atomic E-state index is -2.98. The van der Waals surface area contributed by atoms with E-state index in [9.17, 15) is 39.9 Å². The van der Waals surface area contributed by atoms with E-state index < -0.39 is 36.0 Å². The van der Waals surface area contributed by atoms with Gasteiger partial charge in [-0.2, -0.15) is 0 Å². The molecule has 0 aromatic heterocycles. The van der Waals surface area contributed by atoms with Gasteiger partial charge in [-0.05, 0) is 54.0 Å². The Morgan fingerprint density at radius 3 is 2.25 bits per heavy atom. The maximum atomic E-state index is 12.2. The van der Waals surface area contributed by atoms with Gasteiger partial charge in [0.2, 0.25) is 11.7 Å². The van der Waals surface area contributed by atoms with Crippen LogP contribution in [0.1, 0.15) is 16.7 Å². The average Bonchev–Trinajstić information content (AvgIpc) is 2.73. The molecule has 0 saturated carbocycles. The van der Waals surface area contributed by atoms with E-state index in [-0.39, 0.29) is 22.8 Å². The first kappa shape index (κ1) is 24.2. The lowest BCUT2D eigenvalue weighted by Gasteiger charge is -2.29. The number of ether oxygens (including phenoxy) is 2. The van der Waals surface area contributed by atoms with E-state index in [1.807, 2.05) is 0 Å². The summed E-state index contributed by atoms with van der Waals surface area (Å²) in [5.41, 5.74) is -1.92. The van der Waals surface area contributed by atoms with Crippen LogP contribution in [0.3, 0.4) is 0 Å². The van der Waals surface area contributed by atoms with Gasteiger partial charge in [0.1, 0.15) is 5.75 Å². The number of carboxylic acids is 2. The Balaban J connectivity index is 2.27. The number of hydrogen-bond acceptors (Lipinski definition) is 8. The second-order valence-electron chi connectivity index (χ2n) is 6.95. The fraction of sp³-hybridized carbons (Fsp3) is 0.227. The van der Waals surface area contributed by atoms with E-state index >= 15 is 0 Å². The molecule has 0 spiro atoms. The predicted molar refractivity (Wildman–Crippen MR) is 110 cm³/mol. The van der Waals surface area contributed by atoms with Crippen molar-refractivity contribution in [2.45, 2.75) is 25.0 Å². The van der Waals surface area contributed by atoms with Crippen molar-refractivity contribution >= 4 is 24.0 Å². The van der Waals surface area contributed by atoms with Gasteiger partial charge in [-0.1, -0.05) is 12.1 Å². The van der Waals surface area contributed by atoms with Gasteiger partial charge in [0, 0.05) is 12.5 Å². The molecule has 0 radical (unpaired) electrons. The molecule has 170 valence electrons. The topological polar surface area (TPSA) is 171 Å². The van der Waals surface area contributed by atoms with Gasteiger partial charge in [-0.3, -0.25) is 0 Å². The van der Waals surface area contributed by atoms with Crippen molar-refractivity contribution in [2.24, 2.45) is 0 Å². The highest BCUT2D eigenvalue weighted by Gasteiger charge is 2.51. The molecular formula is C22H22O10. The number of phenolic OH excluding ortho intramolecular Hbond substituents is 2. The third kappa shape index (κ3) is 5.55. The van der Waals surface area contributed by atoms with Crippen molar-refractivity contribution in [1.82, 2.24) is 0 Å². The molecule has 0 saturated heterocycles. The molecule has 0 amide bonds. The number of aliphatic hydroxyl groups is 1. The molecule has 0 aliphatic carbocycles. The number of hydrogen-bond donors (Lipinski definition) is 5. The smallest absolute Gasteiger partial charge is 0.348 e. The van der Waals surface area contributed by atoms with E-state index in [4.69, 9.17) is 9.47 Å². The lowest BCUT2D eigenvalue weighted by Crippen LogP contribution is -2.56. The number of aryl methyl sites for hydroxylation is 1. The number of carbonyl (C=O) groups excluding carboxylic acids is 1. The summed E-state index contributed by atoms with van der Waals surface area (Å²) in [6, 6.07) is 7.99. The summed E-state index contributed by atoms with van der Waals surface area (Å²) in [6.45, 7) is 1.60. The fourth-order valence-electron chi connectivity index (χ4n) is 2.90. The molecule has 2 rings (SSSR count). The first-order chi connectivity index (χ1) is 15.0. The molecule has 10 heteroatoms. The van der Waals surface area contributed by atoms with Gasteiger partial charge >= 0.3 is 17.9 Å². The quantitative estimate of drug-likeness (QED) is 0.281. The summed E-state index contributed by atoms with van der Waals surface area (Å²) >= 11 is 0. The Kier molecular flexibility index (Phi) is 7.45. The van der Waals surface area contributed by atoms with E-state index in [0.717, 1.165) is 6.08 Å². The van der Waals surface area contributed by atoms with Gasteiger partial charge < -0.3 is 35.0 Å². The van der Waals surface area contributed by atoms with Crippen LogP contribution < -0.4 is 4.74 Å². The van der Waals surface area contributed by atoms with Gasteiger partial charge in [-0.25, -0.2) is 14.4 Å². The summed E-state index contributed by atoms with van der Waals surface area (Å²) in [6.07, 6.45) is -1.03.